The average molecular weight is 586 g/mol. The Morgan fingerprint density at radius 1 is 0.854 bits per heavy atom. The SMILES string of the molecule is COc1ccc(Cl)cc1NC(=O)C(C)Sc1cccc(NC(=O)/C(=C/c2ccccc2)NC(=O)c2ccccc2)c1. The Balaban J connectivity index is 1.46. The van der Waals surface area contributed by atoms with Crippen molar-refractivity contribution in [1.29, 1.82) is 0 Å². The standard InChI is InChI=1S/C32H28ClN3O4S/c1-21(30(37)35-27-19-24(33)16-17-29(27)40-2)41-26-15-9-14-25(20-26)34-32(39)28(18-22-10-5-3-6-11-22)36-31(38)23-12-7-4-8-13-23/h3-21H,1-2H3,(H,34,39)(H,35,37)(H,36,38)/b28-18-. The summed E-state index contributed by atoms with van der Waals surface area (Å²) in [6, 6.07) is 30.1. The third-order valence-electron chi connectivity index (χ3n) is 5.83. The highest BCUT2D eigenvalue weighted by atomic mass is 35.5. The fraction of sp³-hybridized carbons (Fsp3) is 0.0938. The predicted molar refractivity (Wildman–Crippen MR) is 165 cm³/mol. The molecule has 4 aromatic rings. The van der Waals surface area contributed by atoms with Gasteiger partial charge in [0.2, 0.25) is 5.91 Å². The summed E-state index contributed by atoms with van der Waals surface area (Å²) in [5.41, 5.74) is 2.27. The number of halogens is 1. The maximum absolute atomic E-state index is 13.3. The summed E-state index contributed by atoms with van der Waals surface area (Å²) in [6.45, 7) is 1.78. The van der Waals surface area contributed by atoms with Crippen LogP contribution in [0.25, 0.3) is 6.08 Å². The van der Waals surface area contributed by atoms with Gasteiger partial charge in [-0.2, -0.15) is 0 Å². The Kier molecular flexibility index (Phi) is 10.2. The molecular formula is C32H28ClN3O4S. The zero-order chi connectivity index (χ0) is 29.2. The molecule has 4 aromatic carbocycles. The highest BCUT2D eigenvalue weighted by Gasteiger charge is 2.18. The Morgan fingerprint density at radius 3 is 2.27 bits per heavy atom. The van der Waals surface area contributed by atoms with Crippen molar-refractivity contribution in [2.24, 2.45) is 0 Å². The second-order valence-corrected chi connectivity index (χ2v) is 10.7. The van der Waals surface area contributed by atoms with Crippen LogP contribution in [0.4, 0.5) is 11.4 Å². The maximum atomic E-state index is 13.3. The molecule has 7 nitrogen and oxygen atoms in total. The zero-order valence-electron chi connectivity index (χ0n) is 22.4. The van der Waals surface area contributed by atoms with Gasteiger partial charge in [-0.1, -0.05) is 66.2 Å². The van der Waals surface area contributed by atoms with Crippen molar-refractivity contribution in [3.05, 3.63) is 125 Å². The summed E-state index contributed by atoms with van der Waals surface area (Å²) in [6.07, 6.45) is 1.62. The van der Waals surface area contributed by atoms with Crippen molar-refractivity contribution in [2.75, 3.05) is 17.7 Å². The van der Waals surface area contributed by atoms with E-state index in [2.05, 4.69) is 16.0 Å². The van der Waals surface area contributed by atoms with E-state index in [1.807, 2.05) is 42.5 Å². The van der Waals surface area contributed by atoms with E-state index >= 15 is 0 Å². The van der Waals surface area contributed by atoms with E-state index in [4.69, 9.17) is 16.3 Å². The van der Waals surface area contributed by atoms with Crippen LogP contribution in [0.5, 0.6) is 5.75 Å². The fourth-order valence-corrected chi connectivity index (χ4v) is 4.87. The number of amides is 3. The molecule has 1 atom stereocenters. The second-order valence-electron chi connectivity index (χ2n) is 8.86. The normalized spacial score (nSPS) is 11.7. The van der Waals surface area contributed by atoms with Gasteiger partial charge in [0, 0.05) is 21.2 Å². The minimum atomic E-state index is -0.487. The van der Waals surface area contributed by atoms with E-state index < -0.39 is 17.1 Å². The van der Waals surface area contributed by atoms with Crippen LogP contribution >= 0.6 is 23.4 Å². The summed E-state index contributed by atoms with van der Waals surface area (Å²) >= 11 is 7.41. The quantitative estimate of drug-likeness (QED) is 0.139. The Hall–Kier alpha value is -4.53. The lowest BCUT2D eigenvalue weighted by Gasteiger charge is -2.15. The summed E-state index contributed by atoms with van der Waals surface area (Å²) in [7, 11) is 1.52. The summed E-state index contributed by atoms with van der Waals surface area (Å²) in [5.74, 6) is -0.618. The van der Waals surface area contributed by atoms with Gasteiger partial charge in [0.05, 0.1) is 18.0 Å². The van der Waals surface area contributed by atoms with Crippen molar-refractivity contribution < 1.29 is 19.1 Å². The molecule has 9 heteroatoms. The minimum Gasteiger partial charge on any atom is -0.495 e. The summed E-state index contributed by atoms with van der Waals surface area (Å²) < 4.78 is 5.31. The van der Waals surface area contributed by atoms with E-state index in [1.54, 1.807) is 73.7 Å². The molecule has 4 rings (SSSR count). The number of hydrogen-bond donors (Lipinski definition) is 3. The molecule has 208 valence electrons. The van der Waals surface area contributed by atoms with Crippen LogP contribution in [0.3, 0.4) is 0 Å². The number of hydrogen-bond acceptors (Lipinski definition) is 5. The monoisotopic (exact) mass is 585 g/mol. The molecule has 0 bridgehead atoms. The molecule has 0 radical (unpaired) electrons. The van der Waals surface area contributed by atoms with Crippen LogP contribution in [0.1, 0.15) is 22.8 Å². The molecular weight excluding hydrogens is 558 g/mol. The third-order valence-corrected chi connectivity index (χ3v) is 7.16. The van der Waals surface area contributed by atoms with Crippen LogP contribution in [0.2, 0.25) is 5.02 Å². The largest absolute Gasteiger partial charge is 0.495 e. The highest BCUT2D eigenvalue weighted by molar-refractivity contribution is 8.00. The first-order valence-corrected chi connectivity index (χ1v) is 13.9. The van der Waals surface area contributed by atoms with Gasteiger partial charge < -0.3 is 20.7 Å². The average Bonchev–Trinajstić information content (AvgIpc) is 2.98. The molecule has 0 aromatic heterocycles. The Morgan fingerprint density at radius 2 is 1.56 bits per heavy atom. The molecule has 0 aliphatic heterocycles. The molecule has 0 aliphatic carbocycles. The van der Waals surface area contributed by atoms with E-state index in [9.17, 15) is 14.4 Å². The number of methoxy groups -OCH3 is 1. The van der Waals surface area contributed by atoms with Gasteiger partial charge in [0.15, 0.2) is 0 Å². The highest BCUT2D eigenvalue weighted by Crippen LogP contribution is 2.30. The molecule has 1 unspecified atom stereocenters. The van der Waals surface area contributed by atoms with Crippen LogP contribution < -0.4 is 20.7 Å². The lowest BCUT2D eigenvalue weighted by molar-refractivity contribution is -0.115. The molecule has 0 aliphatic rings. The van der Waals surface area contributed by atoms with E-state index in [1.165, 1.54) is 18.9 Å². The number of ether oxygens (including phenoxy) is 1. The number of carbonyl (C=O) groups excluding carboxylic acids is 3. The number of nitrogens with one attached hydrogen (secondary N) is 3. The van der Waals surface area contributed by atoms with Crippen molar-refractivity contribution in [1.82, 2.24) is 5.32 Å². The molecule has 0 saturated heterocycles. The first-order chi connectivity index (χ1) is 19.8. The fourth-order valence-electron chi connectivity index (χ4n) is 3.77. The lowest BCUT2D eigenvalue weighted by Crippen LogP contribution is -2.30. The van der Waals surface area contributed by atoms with Crippen molar-refractivity contribution in [3.63, 3.8) is 0 Å². The van der Waals surface area contributed by atoms with Gasteiger partial charge in [-0.05, 0) is 67.1 Å². The Labute approximate surface area is 248 Å². The van der Waals surface area contributed by atoms with Crippen molar-refractivity contribution >= 4 is 58.5 Å². The van der Waals surface area contributed by atoms with Crippen molar-refractivity contribution in [2.45, 2.75) is 17.1 Å². The molecule has 0 saturated carbocycles. The van der Waals surface area contributed by atoms with Gasteiger partial charge in [-0.15, -0.1) is 11.8 Å². The van der Waals surface area contributed by atoms with Gasteiger partial charge in [0.25, 0.3) is 11.8 Å². The van der Waals surface area contributed by atoms with E-state index in [0.29, 0.717) is 27.7 Å². The molecule has 0 heterocycles. The number of rotatable bonds is 10. The van der Waals surface area contributed by atoms with Gasteiger partial charge in [0.1, 0.15) is 11.4 Å². The lowest BCUT2D eigenvalue weighted by atomic mass is 10.1. The predicted octanol–water partition coefficient (Wildman–Crippen LogP) is 6.88. The van der Waals surface area contributed by atoms with Crippen LogP contribution in [0, 0.1) is 0 Å². The summed E-state index contributed by atoms with van der Waals surface area (Å²) in [5, 5.41) is 8.45. The first-order valence-electron chi connectivity index (χ1n) is 12.7. The van der Waals surface area contributed by atoms with E-state index in [-0.39, 0.29) is 11.6 Å². The molecule has 41 heavy (non-hydrogen) atoms. The first kappa shape index (κ1) is 29.5. The van der Waals surface area contributed by atoms with Gasteiger partial charge in [-0.3, -0.25) is 14.4 Å². The van der Waals surface area contributed by atoms with Crippen molar-refractivity contribution in [3.8, 4) is 5.75 Å². The Bertz CT molecular complexity index is 1560. The van der Waals surface area contributed by atoms with Crippen LogP contribution in [-0.2, 0) is 9.59 Å². The third kappa shape index (κ3) is 8.48. The number of thioether (sulfide) groups is 1. The van der Waals surface area contributed by atoms with Gasteiger partial charge in [-0.25, -0.2) is 0 Å². The molecule has 0 spiro atoms. The van der Waals surface area contributed by atoms with Crippen LogP contribution in [-0.4, -0.2) is 30.1 Å². The summed E-state index contributed by atoms with van der Waals surface area (Å²) in [4.78, 5) is 39.8. The van der Waals surface area contributed by atoms with Crippen LogP contribution in [0.15, 0.2) is 114 Å². The topological polar surface area (TPSA) is 96.5 Å². The second kappa shape index (κ2) is 14.2. The number of benzene rings is 4. The molecule has 0 fully saturated rings. The zero-order valence-corrected chi connectivity index (χ0v) is 24.0. The van der Waals surface area contributed by atoms with Gasteiger partial charge >= 0.3 is 0 Å². The smallest absolute Gasteiger partial charge is 0.272 e. The van der Waals surface area contributed by atoms with E-state index in [0.717, 1.165) is 10.5 Å². The molecule has 3 N–H and O–H groups in total. The maximum Gasteiger partial charge on any atom is 0.272 e. The molecule has 3 amide bonds. The number of carbonyl (C=O) groups is 3. The number of anilines is 2. The minimum absolute atomic E-state index is 0.0892.